The van der Waals surface area contributed by atoms with E-state index in [0.717, 1.165) is 23.3 Å². The van der Waals surface area contributed by atoms with Crippen molar-refractivity contribution in [3.8, 4) is 0 Å². The lowest BCUT2D eigenvalue weighted by Crippen LogP contribution is -2.49. The van der Waals surface area contributed by atoms with Crippen molar-refractivity contribution in [2.45, 2.75) is 6.54 Å². The summed E-state index contributed by atoms with van der Waals surface area (Å²) < 4.78 is 7.39. The van der Waals surface area contributed by atoms with E-state index < -0.39 is 5.97 Å². The summed E-state index contributed by atoms with van der Waals surface area (Å²) in [6, 6.07) is 17.7. The van der Waals surface area contributed by atoms with Gasteiger partial charge in [-0.2, -0.15) is 4.99 Å². The van der Waals surface area contributed by atoms with Crippen molar-refractivity contribution in [1.82, 2.24) is 9.47 Å². The van der Waals surface area contributed by atoms with Crippen LogP contribution in [0.3, 0.4) is 0 Å². The van der Waals surface area contributed by atoms with Gasteiger partial charge < -0.3 is 19.1 Å². The Morgan fingerprint density at radius 3 is 2.41 bits per heavy atom. The number of amides is 2. The lowest BCUT2D eigenvalue weighted by Gasteiger charge is -2.36. The first-order valence-corrected chi connectivity index (χ1v) is 12.9. The molecule has 178 valence electrons. The fraction of sp³-hybridized carbons (Fsp3) is 0.333. The molecule has 10 heteroatoms. The van der Waals surface area contributed by atoms with Crippen LogP contribution >= 0.6 is 23.1 Å². The van der Waals surface area contributed by atoms with Crippen LogP contribution in [0.25, 0.3) is 10.2 Å². The van der Waals surface area contributed by atoms with E-state index in [4.69, 9.17) is 4.74 Å². The van der Waals surface area contributed by atoms with Crippen molar-refractivity contribution in [1.29, 1.82) is 0 Å². The van der Waals surface area contributed by atoms with Crippen LogP contribution in [0.2, 0.25) is 0 Å². The van der Waals surface area contributed by atoms with E-state index in [1.807, 2.05) is 47.4 Å². The van der Waals surface area contributed by atoms with E-state index in [1.165, 1.54) is 35.9 Å². The van der Waals surface area contributed by atoms with Crippen LogP contribution in [0, 0.1) is 0 Å². The first-order valence-electron chi connectivity index (χ1n) is 10.9. The maximum Gasteiger partial charge on any atom is 0.325 e. The molecule has 1 aliphatic heterocycles. The van der Waals surface area contributed by atoms with Gasteiger partial charge in [0.25, 0.3) is 5.91 Å². The van der Waals surface area contributed by atoms with Crippen molar-refractivity contribution in [2.24, 2.45) is 4.99 Å². The van der Waals surface area contributed by atoms with Crippen LogP contribution in [-0.2, 0) is 25.7 Å². The number of thioether (sulfide) groups is 1. The largest absolute Gasteiger partial charge is 0.468 e. The normalized spacial score (nSPS) is 14.4. The maximum atomic E-state index is 12.6. The molecule has 0 bridgehead atoms. The number of ether oxygens (including phenoxy) is 1. The van der Waals surface area contributed by atoms with Gasteiger partial charge >= 0.3 is 5.97 Å². The number of nitrogens with zero attached hydrogens (tertiary/aromatic N) is 4. The fourth-order valence-electron chi connectivity index (χ4n) is 3.76. The number of anilines is 1. The highest BCUT2D eigenvalue weighted by Crippen LogP contribution is 2.18. The smallest absolute Gasteiger partial charge is 0.325 e. The van der Waals surface area contributed by atoms with Crippen LogP contribution in [0.1, 0.15) is 0 Å². The summed E-state index contributed by atoms with van der Waals surface area (Å²) in [7, 11) is 1.33. The Bertz CT molecular complexity index is 1230. The van der Waals surface area contributed by atoms with Gasteiger partial charge in [-0.3, -0.25) is 14.4 Å². The van der Waals surface area contributed by atoms with Gasteiger partial charge in [0.15, 0.2) is 4.80 Å². The highest BCUT2D eigenvalue weighted by Gasteiger charge is 2.21. The minimum absolute atomic E-state index is 0.0206. The van der Waals surface area contributed by atoms with Crippen molar-refractivity contribution in [3.05, 3.63) is 59.4 Å². The molecule has 1 saturated heterocycles. The lowest BCUT2D eigenvalue weighted by atomic mass is 10.2. The maximum absolute atomic E-state index is 12.6. The molecule has 1 fully saturated rings. The van der Waals surface area contributed by atoms with Gasteiger partial charge in [0.1, 0.15) is 6.54 Å². The second-order valence-electron chi connectivity index (χ2n) is 7.72. The molecule has 0 unspecified atom stereocenters. The van der Waals surface area contributed by atoms with Crippen LogP contribution in [-0.4, -0.2) is 72.0 Å². The Morgan fingerprint density at radius 2 is 1.68 bits per heavy atom. The monoisotopic (exact) mass is 498 g/mol. The predicted octanol–water partition coefficient (Wildman–Crippen LogP) is 2.39. The number of carbonyl (C=O) groups is 3. The van der Waals surface area contributed by atoms with Gasteiger partial charge in [-0.25, -0.2) is 0 Å². The number of thiazole rings is 1. The number of methoxy groups -OCH3 is 1. The minimum atomic E-state index is -0.412. The SMILES string of the molecule is COC(=O)Cn1c(=NC(=O)CSCC(=O)N2CCN(c3ccccc3)CC2)sc2ccccc21. The first-order chi connectivity index (χ1) is 16.5. The highest BCUT2D eigenvalue weighted by atomic mass is 32.2. The second-order valence-corrected chi connectivity index (χ2v) is 9.71. The van der Waals surface area contributed by atoms with Crippen molar-refractivity contribution in [2.75, 3.05) is 49.7 Å². The number of rotatable bonds is 7. The third-order valence-electron chi connectivity index (χ3n) is 5.53. The van der Waals surface area contributed by atoms with Gasteiger partial charge in [0.05, 0.1) is 28.8 Å². The summed E-state index contributed by atoms with van der Waals surface area (Å²) in [4.78, 5) is 45.7. The summed E-state index contributed by atoms with van der Waals surface area (Å²) in [6.07, 6.45) is 0. The van der Waals surface area contributed by atoms with Crippen molar-refractivity contribution < 1.29 is 19.1 Å². The Labute approximate surface area is 205 Å². The molecule has 3 aromatic rings. The molecule has 0 atom stereocenters. The van der Waals surface area contributed by atoms with Crippen molar-refractivity contribution >= 4 is 56.8 Å². The third-order valence-corrected chi connectivity index (χ3v) is 7.49. The molecular formula is C24H26N4O4S2. The molecule has 0 aliphatic carbocycles. The zero-order valence-corrected chi connectivity index (χ0v) is 20.5. The summed E-state index contributed by atoms with van der Waals surface area (Å²) in [5.74, 6) is -0.376. The number of fused-ring (bicyclic) bond motifs is 1. The zero-order valence-electron chi connectivity index (χ0n) is 18.9. The number of aromatic nitrogens is 1. The molecule has 2 aromatic carbocycles. The minimum Gasteiger partial charge on any atom is -0.468 e. The zero-order chi connectivity index (χ0) is 23.9. The lowest BCUT2D eigenvalue weighted by molar-refractivity contribution is -0.141. The summed E-state index contributed by atoms with van der Waals surface area (Å²) in [6.45, 7) is 2.90. The number of esters is 1. The number of benzene rings is 2. The summed E-state index contributed by atoms with van der Waals surface area (Å²) in [5, 5.41) is 0. The Hall–Kier alpha value is -3.11. The Kier molecular flexibility index (Phi) is 8.02. The van der Waals surface area contributed by atoms with Gasteiger partial charge in [-0.15, -0.1) is 11.8 Å². The van der Waals surface area contributed by atoms with E-state index >= 15 is 0 Å². The number of carbonyl (C=O) groups excluding carboxylic acids is 3. The average Bonchev–Trinajstić information content (AvgIpc) is 3.21. The van der Waals surface area contributed by atoms with E-state index in [0.29, 0.717) is 17.9 Å². The second kappa shape index (κ2) is 11.3. The van der Waals surface area contributed by atoms with Crippen molar-refractivity contribution in [3.63, 3.8) is 0 Å². The third kappa shape index (κ3) is 5.87. The number of hydrogen-bond acceptors (Lipinski definition) is 7. The summed E-state index contributed by atoms with van der Waals surface area (Å²) >= 11 is 2.61. The molecule has 1 aliphatic rings. The quantitative estimate of drug-likeness (QED) is 0.465. The molecular weight excluding hydrogens is 472 g/mol. The first kappa shape index (κ1) is 24.0. The van der Waals surface area contributed by atoms with Gasteiger partial charge in [0, 0.05) is 31.9 Å². The molecule has 0 N–H and O–H groups in total. The van der Waals surface area contributed by atoms with Crippen LogP contribution < -0.4 is 9.70 Å². The van der Waals surface area contributed by atoms with E-state index in [1.54, 1.807) is 4.57 Å². The fourth-order valence-corrected chi connectivity index (χ4v) is 5.51. The number of hydrogen-bond donors (Lipinski definition) is 0. The molecule has 0 radical (unpaired) electrons. The highest BCUT2D eigenvalue weighted by molar-refractivity contribution is 8.00. The molecule has 8 nitrogen and oxygen atoms in total. The van der Waals surface area contributed by atoms with E-state index in [2.05, 4.69) is 22.0 Å². The Morgan fingerprint density at radius 1 is 0.971 bits per heavy atom. The van der Waals surface area contributed by atoms with Gasteiger partial charge in [-0.1, -0.05) is 41.7 Å². The van der Waals surface area contributed by atoms with Crippen LogP contribution in [0.5, 0.6) is 0 Å². The number of para-hydroxylation sites is 2. The van der Waals surface area contributed by atoms with Crippen LogP contribution in [0.4, 0.5) is 5.69 Å². The molecule has 1 aromatic heterocycles. The van der Waals surface area contributed by atoms with Gasteiger partial charge in [-0.05, 0) is 24.3 Å². The standard InChI is InChI=1S/C24H26N4O4S2/c1-32-23(31)15-28-19-9-5-6-10-20(19)34-24(28)25-21(29)16-33-17-22(30)27-13-11-26(12-14-27)18-7-3-2-4-8-18/h2-10H,11-17H2,1H3. The topological polar surface area (TPSA) is 84.2 Å². The van der Waals surface area contributed by atoms with E-state index in [9.17, 15) is 14.4 Å². The molecule has 4 rings (SSSR count). The molecule has 34 heavy (non-hydrogen) atoms. The summed E-state index contributed by atoms with van der Waals surface area (Å²) in [5.41, 5.74) is 1.99. The number of piperazine rings is 1. The predicted molar refractivity (Wildman–Crippen MR) is 135 cm³/mol. The molecule has 0 spiro atoms. The molecule has 2 amide bonds. The van der Waals surface area contributed by atoms with E-state index in [-0.39, 0.29) is 29.9 Å². The molecule has 0 saturated carbocycles. The van der Waals surface area contributed by atoms with Gasteiger partial charge in [0.2, 0.25) is 5.91 Å². The Balaban J connectivity index is 1.31. The average molecular weight is 499 g/mol. The van der Waals surface area contributed by atoms with Crippen LogP contribution in [0.15, 0.2) is 59.6 Å². The molecule has 2 heterocycles.